The van der Waals surface area contributed by atoms with Gasteiger partial charge in [-0.1, -0.05) is 0 Å². The number of hydrogen-bond acceptors (Lipinski definition) is 6. The maximum atomic E-state index is 12.9. The lowest BCUT2D eigenvalue weighted by atomic mass is 10.0. The number of nitrogens with one attached hydrogen (secondary N) is 2. The molecule has 4 aliphatic heterocycles. The summed E-state index contributed by atoms with van der Waals surface area (Å²) in [5.74, 6) is -0.0626. The van der Waals surface area contributed by atoms with Crippen molar-refractivity contribution in [3.8, 4) is 5.75 Å². The van der Waals surface area contributed by atoms with Crippen molar-refractivity contribution in [3.05, 3.63) is 23.3 Å². The molecule has 4 heterocycles. The number of imide groups is 1. The number of piperidine rings is 1. The Morgan fingerprint density at radius 1 is 1.15 bits per heavy atom. The van der Waals surface area contributed by atoms with Crippen molar-refractivity contribution in [2.45, 2.75) is 31.5 Å². The van der Waals surface area contributed by atoms with Crippen LogP contribution >= 0.6 is 12.4 Å². The van der Waals surface area contributed by atoms with Crippen molar-refractivity contribution in [1.82, 2.24) is 15.5 Å². The second kappa shape index (κ2) is 6.69. The summed E-state index contributed by atoms with van der Waals surface area (Å²) in [5.41, 5.74) is 2.48. The van der Waals surface area contributed by atoms with E-state index in [9.17, 15) is 14.4 Å². The number of ether oxygens (including phenoxy) is 1. The molecule has 8 nitrogen and oxygen atoms in total. The number of piperazine rings is 1. The molecular formula is C18H21ClN4O4. The van der Waals surface area contributed by atoms with Crippen LogP contribution in [0.2, 0.25) is 0 Å². The second-order valence-corrected chi connectivity index (χ2v) is 7.20. The van der Waals surface area contributed by atoms with Gasteiger partial charge in [0.1, 0.15) is 18.4 Å². The molecule has 0 radical (unpaired) electrons. The molecular weight excluding hydrogens is 372 g/mol. The van der Waals surface area contributed by atoms with Gasteiger partial charge in [-0.3, -0.25) is 19.7 Å². The highest BCUT2D eigenvalue weighted by molar-refractivity contribution is 6.06. The predicted molar refractivity (Wildman–Crippen MR) is 99.2 cm³/mol. The maximum absolute atomic E-state index is 12.9. The third-order valence-electron chi connectivity index (χ3n) is 5.73. The minimum absolute atomic E-state index is 0. The van der Waals surface area contributed by atoms with E-state index in [4.69, 9.17) is 4.74 Å². The van der Waals surface area contributed by atoms with Crippen molar-refractivity contribution >= 4 is 35.8 Å². The zero-order valence-corrected chi connectivity index (χ0v) is 15.5. The number of rotatable bonds is 1. The fourth-order valence-corrected chi connectivity index (χ4v) is 4.39. The largest absolute Gasteiger partial charge is 0.489 e. The average Bonchev–Trinajstić information content (AvgIpc) is 2.98. The molecule has 0 saturated carbocycles. The molecule has 9 heteroatoms. The standard InChI is InChI=1S/C18H20N4O4.ClH/c23-15-4-3-14(17(24)20-15)22-8-12-11(18(22)25)1-2-13-16(12)26-9-10-7-19-5-6-21(10)13;/h1-2,10,14,19H,3-9H2,(H,20,23,24);1H/t10-,14?;/m1./s1. The van der Waals surface area contributed by atoms with Crippen molar-refractivity contribution in [1.29, 1.82) is 0 Å². The van der Waals surface area contributed by atoms with Gasteiger partial charge >= 0.3 is 0 Å². The Hall–Kier alpha value is -2.32. The molecule has 2 atom stereocenters. The van der Waals surface area contributed by atoms with E-state index in [-0.39, 0.29) is 36.5 Å². The molecule has 1 aromatic rings. The molecule has 0 aromatic heterocycles. The van der Waals surface area contributed by atoms with Crippen LogP contribution in [0.5, 0.6) is 5.75 Å². The highest BCUT2D eigenvalue weighted by Gasteiger charge is 2.42. The zero-order chi connectivity index (χ0) is 17.8. The number of carbonyl (C=O) groups is 3. The molecule has 2 N–H and O–H groups in total. The van der Waals surface area contributed by atoms with Crippen LogP contribution in [0.25, 0.3) is 0 Å². The number of anilines is 1. The highest BCUT2D eigenvalue weighted by atomic mass is 35.5. The summed E-state index contributed by atoms with van der Waals surface area (Å²) < 4.78 is 6.05. The summed E-state index contributed by atoms with van der Waals surface area (Å²) in [6.45, 7) is 3.65. The summed E-state index contributed by atoms with van der Waals surface area (Å²) in [4.78, 5) is 40.4. The Morgan fingerprint density at radius 2 is 2.00 bits per heavy atom. The second-order valence-electron chi connectivity index (χ2n) is 7.20. The van der Waals surface area contributed by atoms with Gasteiger partial charge in [-0.2, -0.15) is 0 Å². The molecule has 1 unspecified atom stereocenters. The molecule has 0 aliphatic carbocycles. The minimum atomic E-state index is -0.598. The third-order valence-corrected chi connectivity index (χ3v) is 5.73. The molecule has 5 rings (SSSR count). The Labute approximate surface area is 162 Å². The Bertz CT molecular complexity index is 830. The average molecular weight is 393 g/mol. The third kappa shape index (κ3) is 2.74. The molecule has 27 heavy (non-hydrogen) atoms. The predicted octanol–water partition coefficient (Wildman–Crippen LogP) is 0.0400. The van der Waals surface area contributed by atoms with Crippen LogP contribution in [0, 0.1) is 0 Å². The van der Waals surface area contributed by atoms with Crippen LogP contribution in [0.1, 0.15) is 28.8 Å². The molecule has 0 spiro atoms. The van der Waals surface area contributed by atoms with Crippen LogP contribution in [0.3, 0.4) is 0 Å². The van der Waals surface area contributed by atoms with Crippen molar-refractivity contribution in [3.63, 3.8) is 0 Å². The van der Waals surface area contributed by atoms with Gasteiger partial charge < -0.3 is 19.9 Å². The summed E-state index contributed by atoms with van der Waals surface area (Å²) >= 11 is 0. The number of hydrogen-bond donors (Lipinski definition) is 2. The molecule has 4 aliphatic rings. The molecule has 0 bridgehead atoms. The lowest BCUT2D eigenvalue weighted by Crippen LogP contribution is -2.55. The maximum Gasteiger partial charge on any atom is 0.255 e. The first kappa shape index (κ1) is 18.1. The van der Waals surface area contributed by atoms with E-state index >= 15 is 0 Å². The van der Waals surface area contributed by atoms with Gasteiger partial charge in [0.2, 0.25) is 11.8 Å². The molecule has 144 valence electrons. The first-order valence-corrected chi connectivity index (χ1v) is 9.04. The number of amides is 3. The topological polar surface area (TPSA) is 91.0 Å². The van der Waals surface area contributed by atoms with Crippen LogP contribution in [-0.4, -0.2) is 60.9 Å². The lowest BCUT2D eigenvalue weighted by Gasteiger charge is -2.42. The van der Waals surface area contributed by atoms with Crippen molar-refractivity contribution in [2.24, 2.45) is 0 Å². The van der Waals surface area contributed by atoms with E-state index in [2.05, 4.69) is 15.5 Å². The van der Waals surface area contributed by atoms with Gasteiger partial charge in [0.25, 0.3) is 5.91 Å². The van der Waals surface area contributed by atoms with Crippen molar-refractivity contribution in [2.75, 3.05) is 31.1 Å². The van der Waals surface area contributed by atoms with Gasteiger partial charge in [0, 0.05) is 37.2 Å². The molecule has 2 fully saturated rings. The quantitative estimate of drug-likeness (QED) is 0.656. The lowest BCUT2D eigenvalue weighted by molar-refractivity contribution is -0.136. The highest BCUT2D eigenvalue weighted by Crippen LogP contribution is 2.43. The molecule has 3 amide bonds. The van der Waals surface area contributed by atoms with Crippen LogP contribution < -0.4 is 20.3 Å². The smallest absolute Gasteiger partial charge is 0.255 e. The molecule has 1 aromatic carbocycles. The van der Waals surface area contributed by atoms with Gasteiger partial charge in [0.05, 0.1) is 18.3 Å². The Kier molecular flexibility index (Phi) is 4.47. The Balaban J connectivity index is 0.00000180. The van der Waals surface area contributed by atoms with Gasteiger partial charge in [-0.15, -0.1) is 12.4 Å². The van der Waals surface area contributed by atoms with E-state index in [0.717, 1.165) is 36.6 Å². The van der Waals surface area contributed by atoms with E-state index in [1.807, 2.05) is 12.1 Å². The number of carbonyl (C=O) groups excluding carboxylic acids is 3. The van der Waals surface area contributed by atoms with Gasteiger partial charge in [-0.05, 0) is 18.6 Å². The first-order chi connectivity index (χ1) is 12.6. The van der Waals surface area contributed by atoms with Crippen LogP contribution in [0.4, 0.5) is 5.69 Å². The van der Waals surface area contributed by atoms with E-state index in [1.165, 1.54) is 0 Å². The number of nitrogens with zero attached hydrogens (tertiary/aromatic N) is 2. The fourth-order valence-electron chi connectivity index (χ4n) is 4.39. The SMILES string of the molecule is Cl.O=C1CCC(N2Cc3c(ccc4c3OC[C@H]3CNCCN43)C2=O)C(=O)N1. The number of halogens is 1. The number of benzene rings is 1. The number of fused-ring (bicyclic) bond motifs is 5. The van der Waals surface area contributed by atoms with E-state index in [1.54, 1.807) is 4.90 Å². The van der Waals surface area contributed by atoms with Crippen LogP contribution in [0.15, 0.2) is 12.1 Å². The van der Waals surface area contributed by atoms with Gasteiger partial charge in [0.15, 0.2) is 0 Å². The molecule has 2 saturated heterocycles. The summed E-state index contributed by atoms with van der Waals surface area (Å²) in [7, 11) is 0. The fraction of sp³-hybridized carbons (Fsp3) is 0.500. The monoisotopic (exact) mass is 392 g/mol. The first-order valence-electron chi connectivity index (χ1n) is 9.04. The van der Waals surface area contributed by atoms with E-state index < -0.39 is 6.04 Å². The summed E-state index contributed by atoms with van der Waals surface area (Å²) in [6.07, 6.45) is 0.626. The zero-order valence-electron chi connectivity index (χ0n) is 14.7. The van der Waals surface area contributed by atoms with Crippen LogP contribution in [-0.2, 0) is 16.1 Å². The van der Waals surface area contributed by atoms with Crippen molar-refractivity contribution < 1.29 is 19.1 Å². The van der Waals surface area contributed by atoms with E-state index in [0.29, 0.717) is 31.2 Å². The Morgan fingerprint density at radius 3 is 2.81 bits per heavy atom. The summed E-state index contributed by atoms with van der Waals surface area (Å²) in [5, 5.41) is 5.71. The van der Waals surface area contributed by atoms with Gasteiger partial charge in [-0.25, -0.2) is 0 Å². The normalized spacial score (nSPS) is 26.4. The minimum Gasteiger partial charge on any atom is -0.489 e. The summed E-state index contributed by atoms with van der Waals surface area (Å²) in [6, 6.07) is 3.50.